The molecule has 0 saturated heterocycles. The highest BCUT2D eigenvalue weighted by molar-refractivity contribution is 6.43. The maximum Gasteiger partial charge on any atom is 0.0608 e. The van der Waals surface area contributed by atoms with Crippen molar-refractivity contribution in [3.8, 4) is 11.8 Å². The Bertz CT molecular complexity index is 387. The molecule has 0 N–H and O–H groups in total. The minimum atomic E-state index is 0.430. The summed E-state index contributed by atoms with van der Waals surface area (Å²) in [6.45, 7) is 0. The molecule has 0 heterocycles. The summed E-state index contributed by atoms with van der Waals surface area (Å²) < 4.78 is 0. The highest BCUT2D eigenvalue weighted by Crippen LogP contribution is 2.28. The van der Waals surface area contributed by atoms with E-state index in [-0.39, 0.29) is 0 Å². The molecule has 74 valence electrons. The van der Waals surface area contributed by atoms with E-state index in [2.05, 4.69) is 11.8 Å². The number of halogens is 4. The molecular weight excluding hydrogens is 262 g/mol. The monoisotopic (exact) mass is 266 g/mol. The van der Waals surface area contributed by atoms with Gasteiger partial charge < -0.3 is 0 Å². The lowest BCUT2D eigenvalue weighted by Gasteiger charge is -1.99. The van der Waals surface area contributed by atoms with Crippen molar-refractivity contribution in [2.75, 3.05) is 5.88 Å². The first-order valence-corrected chi connectivity index (χ1v) is 5.51. The fourth-order valence-electron chi connectivity index (χ4n) is 0.823. The Morgan fingerprint density at radius 1 is 1.00 bits per heavy atom. The molecule has 14 heavy (non-hydrogen) atoms. The van der Waals surface area contributed by atoms with Gasteiger partial charge in [0.1, 0.15) is 0 Å². The first kappa shape index (κ1) is 12.0. The molecule has 0 spiro atoms. The Morgan fingerprint density at radius 2 is 1.64 bits per heavy atom. The maximum atomic E-state index is 5.90. The number of alkyl halides is 1. The van der Waals surface area contributed by atoms with Crippen LogP contribution in [-0.4, -0.2) is 5.88 Å². The zero-order chi connectivity index (χ0) is 10.6. The van der Waals surface area contributed by atoms with Crippen LogP contribution in [-0.2, 0) is 0 Å². The molecule has 0 radical (unpaired) electrons. The van der Waals surface area contributed by atoms with Crippen LogP contribution in [0, 0.1) is 11.8 Å². The van der Waals surface area contributed by atoms with Crippen molar-refractivity contribution in [2.45, 2.75) is 6.42 Å². The van der Waals surface area contributed by atoms with Crippen LogP contribution in [0.3, 0.4) is 0 Å². The van der Waals surface area contributed by atoms with E-state index in [9.17, 15) is 0 Å². The number of hydrogen-bond donors (Lipinski definition) is 0. The van der Waals surface area contributed by atoms with Crippen molar-refractivity contribution in [1.82, 2.24) is 0 Å². The third-order valence-corrected chi connectivity index (χ3v) is 2.68. The summed E-state index contributed by atoms with van der Waals surface area (Å²) in [6, 6.07) is 3.23. The molecule has 4 heteroatoms. The second-order valence-corrected chi connectivity index (χ2v) is 4.09. The Balaban J connectivity index is 3.00. The Kier molecular flexibility index (Phi) is 4.92. The first-order chi connectivity index (χ1) is 6.65. The van der Waals surface area contributed by atoms with Crippen molar-refractivity contribution in [3.63, 3.8) is 0 Å². The van der Waals surface area contributed by atoms with Crippen LogP contribution >= 0.6 is 46.4 Å². The zero-order valence-electron chi connectivity index (χ0n) is 7.08. The van der Waals surface area contributed by atoms with Crippen molar-refractivity contribution >= 4 is 46.4 Å². The molecule has 0 fully saturated rings. The van der Waals surface area contributed by atoms with E-state index < -0.39 is 0 Å². The molecule has 1 aromatic rings. The van der Waals surface area contributed by atoms with Crippen LogP contribution in [0.4, 0.5) is 0 Å². The predicted molar refractivity (Wildman–Crippen MR) is 63.7 cm³/mol. The lowest BCUT2D eigenvalue weighted by molar-refractivity contribution is 1.29. The van der Waals surface area contributed by atoms with E-state index in [1.807, 2.05) is 0 Å². The first-order valence-electron chi connectivity index (χ1n) is 3.84. The lowest BCUT2D eigenvalue weighted by Crippen LogP contribution is -1.79. The largest absolute Gasteiger partial charge is 0.126 e. The third-order valence-electron chi connectivity index (χ3n) is 1.45. The summed E-state index contributed by atoms with van der Waals surface area (Å²) in [5.41, 5.74) is 0.672. The average Bonchev–Trinajstić information content (AvgIpc) is 2.14. The molecule has 0 aliphatic rings. The molecule has 0 atom stereocenters. The van der Waals surface area contributed by atoms with Gasteiger partial charge in [0.2, 0.25) is 0 Å². The summed E-state index contributed by atoms with van der Waals surface area (Å²) in [7, 11) is 0. The average molecular weight is 268 g/mol. The maximum absolute atomic E-state index is 5.90. The SMILES string of the molecule is ClCCC#Cc1cc(Cl)c(Cl)cc1Cl. The predicted octanol–water partition coefficient (Wildman–Crippen LogP) is 4.63. The lowest BCUT2D eigenvalue weighted by atomic mass is 10.2. The van der Waals surface area contributed by atoms with Gasteiger partial charge in [0.05, 0.1) is 15.1 Å². The fraction of sp³-hybridized carbons (Fsp3) is 0.200. The van der Waals surface area contributed by atoms with Gasteiger partial charge in [-0.2, -0.15) is 0 Å². The van der Waals surface area contributed by atoms with Gasteiger partial charge >= 0.3 is 0 Å². The smallest absolute Gasteiger partial charge is 0.0608 e. The highest BCUT2D eigenvalue weighted by Gasteiger charge is 2.03. The van der Waals surface area contributed by atoms with Crippen molar-refractivity contribution in [2.24, 2.45) is 0 Å². The van der Waals surface area contributed by atoms with Crippen molar-refractivity contribution in [1.29, 1.82) is 0 Å². The fourth-order valence-corrected chi connectivity index (χ4v) is 1.51. The summed E-state index contributed by atoms with van der Waals surface area (Å²) in [6.07, 6.45) is 0.623. The summed E-state index contributed by atoms with van der Waals surface area (Å²) >= 11 is 23.0. The number of hydrogen-bond acceptors (Lipinski definition) is 0. The van der Waals surface area contributed by atoms with Gasteiger partial charge in [-0.15, -0.1) is 11.6 Å². The quantitative estimate of drug-likeness (QED) is 0.396. The molecule has 0 unspecified atom stereocenters. The van der Waals surface area contributed by atoms with Gasteiger partial charge in [-0.1, -0.05) is 46.6 Å². The van der Waals surface area contributed by atoms with Crippen LogP contribution in [0.5, 0.6) is 0 Å². The van der Waals surface area contributed by atoms with E-state index in [1.54, 1.807) is 12.1 Å². The summed E-state index contributed by atoms with van der Waals surface area (Å²) in [4.78, 5) is 0. The molecular formula is C10H6Cl4. The van der Waals surface area contributed by atoms with E-state index in [1.165, 1.54) is 0 Å². The van der Waals surface area contributed by atoms with Crippen molar-refractivity contribution < 1.29 is 0 Å². The van der Waals surface area contributed by atoms with E-state index in [4.69, 9.17) is 46.4 Å². The van der Waals surface area contributed by atoms with Crippen LogP contribution in [0.1, 0.15) is 12.0 Å². The van der Waals surface area contributed by atoms with Gasteiger partial charge in [0.25, 0.3) is 0 Å². The number of benzene rings is 1. The molecule has 0 bridgehead atoms. The molecule has 0 aliphatic heterocycles. The molecule has 1 rings (SSSR count). The molecule has 0 saturated carbocycles. The standard InChI is InChI=1S/C10H6Cl4/c11-4-2-1-3-7-5-9(13)10(14)6-8(7)12/h5-6H,2,4H2. The molecule has 0 aromatic heterocycles. The Hall–Kier alpha value is -0.0600. The van der Waals surface area contributed by atoms with Crippen molar-refractivity contribution in [3.05, 3.63) is 32.8 Å². The summed E-state index contributed by atoms with van der Waals surface area (Å²) in [5, 5.41) is 1.38. The molecule has 0 aliphatic carbocycles. The minimum absolute atomic E-state index is 0.430. The van der Waals surface area contributed by atoms with Crippen LogP contribution < -0.4 is 0 Å². The van der Waals surface area contributed by atoms with Crippen LogP contribution in [0.25, 0.3) is 0 Å². The van der Waals surface area contributed by atoms with E-state index >= 15 is 0 Å². The second-order valence-electron chi connectivity index (χ2n) is 2.49. The number of rotatable bonds is 1. The molecule has 0 amide bonds. The molecule has 0 nitrogen and oxygen atoms in total. The van der Waals surface area contributed by atoms with Crippen LogP contribution in [0.2, 0.25) is 15.1 Å². The van der Waals surface area contributed by atoms with Gasteiger partial charge in [0.15, 0.2) is 0 Å². The molecule has 1 aromatic carbocycles. The summed E-state index contributed by atoms with van der Waals surface area (Å²) in [5.74, 6) is 6.25. The highest BCUT2D eigenvalue weighted by atomic mass is 35.5. The Morgan fingerprint density at radius 3 is 2.29 bits per heavy atom. The zero-order valence-corrected chi connectivity index (χ0v) is 10.1. The second kappa shape index (κ2) is 5.73. The van der Waals surface area contributed by atoms with Gasteiger partial charge in [-0.3, -0.25) is 0 Å². The third kappa shape index (κ3) is 3.26. The van der Waals surface area contributed by atoms with Gasteiger partial charge in [0, 0.05) is 17.9 Å². The van der Waals surface area contributed by atoms with E-state index in [0.29, 0.717) is 32.9 Å². The Labute approximate surface area is 103 Å². The van der Waals surface area contributed by atoms with E-state index in [0.717, 1.165) is 0 Å². The van der Waals surface area contributed by atoms with Crippen LogP contribution in [0.15, 0.2) is 12.1 Å². The van der Waals surface area contributed by atoms with Gasteiger partial charge in [-0.25, -0.2) is 0 Å². The topological polar surface area (TPSA) is 0 Å². The minimum Gasteiger partial charge on any atom is -0.126 e. The van der Waals surface area contributed by atoms with Gasteiger partial charge in [-0.05, 0) is 12.1 Å². The normalized spacial score (nSPS) is 9.43.